The molecule has 40 heavy (non-hydrogen) atoms. The van der Waals surface area contributed by atoms with Crippen molar-refractivity contribution in [1.29, 1.82) is 0 Å². The fraction of sp³-hybridized carbons (Fsp3) is 0.167. The third-order valence-electron chi connectivity index (χ3n) is 9.11. The molecule has 1 aliphatic rings. The minimum Gasteiger partial charge on any atom is -0.399 e. The van der Waals surface area contributed by atoms with Crippen LogP contribution in [-0.2, 0) is 9.31 Å². The average Bonchev–Trinajstić information content (AvgIpc) is 3.44. The van der Waals surface area contributed by atoms with Gasteiger partial charge in [-0.15, -0.1) is 11.3 Å². The van der Waals surface area contributed by atoms with Crippen LogP contribution >= 0.6 is 11.3 Å². The van der Waals surface area contributed by atoms with Crippen molar-refractivity contribution in [3.63, 3.8) is 0 Å². The summed E-state index contributed by atoms with van der Waals surface area (Å²) in [6.45, 7) is 8.44. The number of hydrogen-bond donors (Lipinski definition) is 0. The molecule has 0 saturated carbocycles. The highest BCUT2D eigenvalue weighted by molar-refractivity contribution is 7.27. The highest BCUT2D eigenvalue weighted by atomic mass is 32.1. The largest absolute Gasteiger partial charge is 0.496 e. The van der Waals surface area contributed by atoms with E-state index in [-0.39, 0.29) is 18.3 Å². The molecule has 2 nitrogen and oxygen atoms in total. The molecule has 7 aromatic rings. The smallest absolute Gasteiger partial charge is 0.399 e. The van der Waals surface area contributed by atoms with Crippen LogP contribution in [0, 0.1) is 0 Å². The third kappa shape index (κ3) is 3.43. The van der Waals surface area contributed by atoms with Crippen LogP contribution in [0.25, 0.3) is 63.6 Å². The summed E-state index contributed by atoms with van der Waals surface area (Å²) in [6, 6.07) is 37.9. The van der Waals surface area contributed by atoms with Crippen LogP contribution in [-0.4, -0.2) is 18.3 Å². The van der Waals surface area contributed by atoms with Crippen LogP contribution in [0.5, 0.6) is 0 Å². The Labute approximate surface area is 238 Å². The molecule has 4 heteroatoms. The number of rotatable bonds is 2. The second kappa shape index (κ2) is 8.41. The summed E-state index contributed by atoms with van der Waals surface area (Å²) in [5, 5.41) is 10.3. The molecule has 0 bridgehead atoms. The quantitative estimate of drug-likeness (QED) is 0.162. The molecule has 0 N–H and O–H groups in total. The maximum Gasteiger partial charge on any atom is 0.496 e. The fourth-order valence-electron chi connectivity index (χ4n) is 6.24. The maximum atomic E-state index is 6.44. The van der Waals surface area contributed by atoms with E-state index in [9.17, 15) is 0 Å². The molecular weight excluding hydrogens is 507 g/mol. The van der Waals surface area contributed by atoms with Gasteiger partial charge in [0.2, 0.25) is 0 Å². The van der Waals surface area contributed by atoms with Gasteiger partial charge in [-0.1, -0.05) is 84.9 Å². The number of fused-ring (bicyclic) bond motifs is 9. The van der Waals surface area contributed by atoms with Gasteiger partial charge in [-0.25, -0.2) is 0 Å². The van der Waals surface area contributed by atoms with E-state index < -0.39 is 0 Å². The SMILES string of the molecule is CC1(C)OB(c2cccc3c2sc2ccc(-c4ccc5c6ccccc6c6ccccc6c5c4)cc23)OC1(C)C. The van der Waals surface area contributed by atoms with Gasteiger partial charge < -0.3 is 9.31 Å². The van der Waals surface area contributed by atoms with Crippen LogP contribution < -0.4 is 5.46 Å². The van der Waals surface area contributed by atoms with Gasteiger partial charge in [-0.3, -0.25) is 0 Å². The molecule has 1 fully saturated rings. The van der Waals surface area contributed by atoms with Gasteiger partial charge in [-0.05, 0) is 94.7 Å². The summed E-state index contributed by atoms with van der Waals surface area (Å²) in [4.78, 5) is 0. The van der Waals surface area contributed by atoms with E-state index in [2.05, 4.69) is 131 Å². The highest BCUT2D eigenvalue weighted by Crippen LogP contribution is 2.41. The van der Waals surface area contributed by atoms with Crippen molar-refractivity contribution in [2.45, 2.75) is 38.9 Å². The van der Waals surface area contributed by atoms with E-state index in [0.717, 1.165) is 5.46 Å². The molecule has 0 radical (unpaired) electrons. The van der Waals surface area contributed by atoms with Gasteiger partial charge in [0.1, 0.15) is 0 Å². The van der Waals surface area contributed by atoms with E-state index in [1.807, 2.05) is 11.3 Å². The van der Waals surface area contributed by atoms with Gasteiger partial charge in [0, 0.05) is 20.2 Å². The second-order valence-electron chi connectivity index (χ2n) is 12.0. The zero-order valence-corrected chi connectivity index (χ0v) is 23.9. The normalized spacial score (nSPS) is 16.6. The lowest BCUT2D eigenvalue weighted by molar-refractivity contribution is 0.00578. The Kier molecular flexibility index (Phi) is 5.07. The van der Waals surface area contributed by atoms with E-state index in [0.29, 0.717) is 0 Å². The summed E-state index contributed by atoms with van der Waals surface area (Å²) >= 11 is 1.83. The average molecular weight is 537 g/mol. The van der Waals surface area contributed by atoms with Crippen LogP contribution in [0.4, 0.5) is 0 Å². The van der Waals surface area contributed by atoms with Crippen molar-refractivity contribution in [3.8, 4) is 11.1 Å². The highest BCUT2D eigenvalue weighted by Gasteiger charge is 2.52. The van der Waals surface area contributed by atoms with Gasteiger partial charge in [0.05, 0.1) is 11.2 Å². The summed E-state index contributed by atoms with van der Waals surface area (Å²) in [5.74, 6) is 0. The molecule has 2 heterocycles. The minimum atomic E-state index is -0.371. The Morgan fingerprint density at radius 1 is 0.500 bits per heavy atom. The van der Waals surface area contributed by atoms with Crippen molar-refractivity contribution in [2.24, 2.45) is 0 Å². The Morgan fingerprint density at radius 2 is 1.00 bits per heavy atom. The molecule has 1 aromatic heterocycles. The van der Waals surface area contributed by atoms with Crippen molar-refractivity contribution < 1.29 is 9.31 Å². The summed E-state index contributed by atoms with van der Waals surface area (Å²) in [7, 11) is -0.371. The lowest BCUT2D eigenvalue weighted by Gasteiger charge is -2.32. The molecule has 194 valence electrons. The van der Waals surface area contributed by atoms with Crippen molar-refractivity contribution >= 4 is 76.4 Å². The molecule has 6 aromatic carbocycles. The molecule has 0 atom stereocenters. The minimum absolute atomic E-state index is 0.366. The lowest BCUT2D eigenvalue weighted by atomic mass is 9.78. The van der Waals surface area contributed by atoms with Crippen LogP contribution in [0.2, 0.25) is 0 Å². The Balaban J connectivity index is 1.30. The number of hydrogen-bond acceptors (Lipinski definition) is 3. The summed E-state index contributed by atoms with van der Waals surface area (Å²) in [6.07, 6.45) is 0. The zero-order valence-electron chi connectivity index (χ0n) is 23.1. The first kappa shape index (κ1) is 24.1. The first-order valence-electron chi connectivity index (χ1n) is 14.0. The topological polar surface area (TPSA) is 18.5 Å². The van der Waals surface area contributed by atoms with Crippen molar-refractivity contribution in [1.82, 2.24) is 0 Å². The van der Waals surface area contributed by atoms with E-state index in [4.69, 9.17) is 9.31 Å². The standard InChI is InChI=1S/C36H29BO2S/c1-35(2)36(3,4)39-37(38-35)32-15-9-14-29-31-21-23(17-19-33(31)40-34(29)32)22-16-18-28-26-12-6-5-10-24(26)25-11-7-8-13-27(25)30(28)20-22/h5-21H,1-4H3. The predicted octanol–water partition coefficient (Wildman–Crippen LogP) is 9.48. The van der Waals surface area contributed by atoms with E-state index >= 15 is 0 Å². The van der Waals surface area contributed by atoms with Crippen molar-refractivity contribution in [3.05, 3.63) is 103 Å². The number of benzene rings is 6. The third-order valence-corrected chi connectivity index (χ3v) is 10.3. The first-order valence-corrected chi connectivity index (χ1v) is 14.8. The molecular formula is C36H29BO2S. The first-order chi connectivity index (χ1) is 19.3. The van der Waals surface area contributed by atoms with E-state index in [1.165, 1.54) is 63.6 Å². The number of thiophene rings is 1. The van der Waals surface area contributed by atoms with Gasteiger partial charge in [-0.2, -0.15) is 0 Å². The van der Waals surface area contributed by atoms with Crippen LogP contribution in [0.3, 0.4) is 0 Å². The van der Waals surface area contributed by atoms with Gasteiger partial charge in [0.25, 0.3) is 0 Å². The fourth-order valence-corrected chi connectivity index (χ4v) is 7.45. The Hall–Kier alpha value is -3.70. The molecule has 0 amide bonds. The maximum absolute atomic E-state index is 6.44. The molecule has 0 unspecified atom stereocenters. The molecule has 8 rings (SSSR count). The van der Waals surface area contributed by atoms with Gasteiger partial charge in [0.15, 0.2) is 0 Å². The van der Waals surface area contributed by atoms with Crippen molar-refractivity contribution in [2.75, 3.05) is 0 Å². The Bertz CT molecular complexity index is 2090. The van der Waals surface area contributed by atoms with Crippen LogP contribution in [0.15, 0.2) is 103 Å². The van der Waals surface area contributed by atoms with Crippen LogP contribution in [0.1, 0.15) is 27.7 Å². The molecule has 0 spiro atoms. The van der Waals surface area contributed by atoms with Gasteiger partial charge >= 0.3 is 7.12 Å². The molecule has 1 aliphatic heterocycles. The lowest BCUT2D eigenvalue weighted by Crippen LogP contribution is -2.41. The monoisotopic (exact) mass is 536 g/mol. The Morgan fingerprint density at radius 3 is 1.62 bits per heavy atom. The second-order valence-corrected chi connectivity index (χ2v) is 13.0. The zero-order chi connectivity index (χ0) is 27.2. The summed E-state index contributed by atoms with van der Waals surface area (Å²) < 4.78 is 15.4. The van der Waals surface area contributed by atoms with E-state index in [1.54, 1.807) is 0 Å². The molecule has 0 aliphatic carbocycles. The predicted molar refractivity (Wildman–Crippen MR) is 173 cm³/mol. The summed E-state index contributed by atoms with van der Waals surface area (Å²) in [5.41, 5.74) is 2.84. The molecule has 1 saturated heterocycles.